The Labute approximate surface area is 139 Å². The van der Waals surface area contributed by atoms with Gasteiger partial charge in [0.05, 0.1) is 24.8 Å². The van der Waals surface area contributed by atoms with Crippen molar-refractivity contribution in [2.24, 2.45) is 0 Å². The van der Waals surface area contributed by atoms with Gasteiger partial charge in [-0.25, -0.2) is 4.79 Å². The Bertz CT molecular complexity index is 957. The lowest BCUT2D eigenvalue weighted by Gasteiger charge is -2.28. The van der Waals surface area contributed by atoms with Crippen LogP contribution in [-0.4, -0.2) is 26.7 Å². The third-order valence-corrected chi connectivity index (χ3v) is 4.34. The minimum atomic E-state index is -0.451. The smallest absolute Gasteiger partial charge is 0.374 e. The number of esters is 1. The molecule has 0 amide bonds. The number of methoxy groups -OCH3 is 1. The highest BCUT2D eigenvalue weighted by atomic mass is 16.5. The van der Waals surface area contributed by atoms with Gasteiger partial charge in [-0.05, 0) is 13.0 Å². The highest BCUT2D eigenvalue weighted by molar-refractivity contribution is 6.16. The molecule has 0 saturated heterocycles. The topological polar surface area (TPSA) is 51.9 Å². The van der Waals surface area contributed by atoms with Crippen LogP contribution in [0, 0.1) is 0 Å². The summed E-state index contributed by atoms with van der Waals surface area (Å²) < 4.78 is 16.5. The predicted octanol–water partition coefficient (Wildman–Crippen LogP) is 4.37. The standard InChI is InChI=1S/C19H17NO4/c1-4-23-19(21)18-16-12-7-5-6-8-13(12)20(2)14-9-11(22-3)10-15(24-18)17(14)16/h5-10H,4H2,1-3H3. The van der Waals surface area contributed by atoms with E-state index in [0.717, 1.165) is 27.9 Å². The van der Waals surface area contributed by atoms with E-state index in [2.05, 4.69) is 4.90 Å². The summed E-state index contributed by atoms with van der Waals surface area (Å²) in [6.07, 6.45) is 0. The summed E-state index contributed by atoms with van der Waals surface area (Å²) in [5.41, 5.74) is 4.31. The molecule has 122 valence electrons. The molecule has 1 aromatic heterocycles. The Kier molecular flexibility index (Phi) is 3.23. The number of rotatable bonds is 3. The van der Waals surface area contributed by atoms with E-state index in [-0.39, 0.29) is 5.76 Å². The zero-order valence-electron chi connectivity index (χ0n) is 13.8. The molecule has 3 aromatic rings. The number of fused-ring (bicyclic) bond motifs is 2. The SMILES string of the molecule is CCOC(=O)c1oc2cc(OC)cc3c2c1-c1ccccc1N3C. The summed E-state index contributed by atoms with van der Waals surface area (Å²) in [6, 6.07) is 11.7. The third kappa shape index (κ3) is 1.91. The molecule has 2 aromatic carbocycles. The molecular formula is C19H17NO4. The number of ether oxygens (including phenoxy) is 2. The molecule has 5 heteroatoms. The molecule has 1 aliphatic rings. The van der Waals surface area contributed by atoms with Crippen LogP contribution in [0.3, 0.4) is 0 Å². The summed E-state index contributed by atoms with van der Waals surface area (Å²) in [5.74, 6) is 0.467. The van der Waals surface area contributed by atoms with Gasteiger partial charge in [0.25, 0.3) is 0 Å². The van der Waals surface area contributed by atoms with E-state index in [1.165, 1.54) is 0 Å². The second-order valence-corrected chi connectivity index (χ2v) is 5.62. The summed E-state index contributed by atoms with van der Waals surface area (Å²) >= 11 is 0. The molecule has 24 heavy (non-hydrogen) atoms. The van der Waals surface area contributed by atoms with Crippen LogP contribution in [0.5, 0.6) is 5.75 Å². The van der Waals surface area contributed by atoms with Gasteiger partial charge in [0.2, 0.25) is 5.76 Å². The third-order valence-electron chi connectivity index (χ3n) is 4.34. The van der Waals surface area contributed by atoms with Crippen molar-refractivity contribution >= 4 is 28.3 Å². The van der Waals surface area contributed by atoms with Crippen molar-refractivity contribution in [1.29, 1.82) is 0 Å². The van der Waals surface area contributed by atoms with Crippen molar-refractivity contribution in [3.63, 3.8) is 0 Å². The maximum atomic E-state index is 12.4. The molecule has 0 saturated carbocycles. The average Bonchev–Trinajstić information content (AvgIpc) is 2.99. The molecule has 4 rings (SSSR count). The van der Waals surface area contributed by atoms with E-state index in [9.17, 15) is 4.79 Å². The number of anilines is 2. The molecule has 0 atom stereocenters. The summed E-state index contributed by atoms with van der Waals surface area (Å²) in [6.45, 7) is 2.08. The average molecular weight is 323 g/mol. The molecular weight excluding hydrogens is 306 g/mol. The Morgan fingerprint density at radius 3 is 2.75 bits per heavy atom. The van der Waals surface area contributed by atoms with Gasteiger partial charge < -0.3 is 18.8 Å². The number of nitrogens with zero attached hydrogens (tertiary/aromatic N) is 1. The Hall–Kier alpha value is -2.95. The fourth-order valence-electron chi connectivity index (χ4n) is 3.27. The van der Waals surface area contributed by atoms with Crippen molar-refractivity contribution in [2.45, 2.75) is 6.92 Å². The number of para-hydroxylation sites is 1. The Balaban J connectivity index is 2.11. The van der Waals surface area contributed by atoms with Crippen LogP contribution in [-0.2, 0) is 4.74 Å². The quantitative estimate of drug-likeness (QED) is 0.670. The number of carbonyl (C=O) groups excluding carboxylic acids is 1. The fraction of sp³-hybridized carbons (Fsp3) is 0.211. The molecule has 0 aliphatic carbocycles. The van der Waals surface area contributed by atoms with Crippen molar-refractivity contribution in [1.82, 2.24) is 0 Å². The summed E-state index contributed by atoms with van der Waals surface area (Å²) in [4.78, 5) is 14.5. The second kappa shape index (κ2) is 5.30. The van der Waals surface area contributed by atoms with Crippen molar-refractivity contribution in [3.8, 4) is 16.9 Å². The first-order valence-electron chi connectivity index (χ1n) is 7.80. The zero-order chi connectivity index (χ0) is 16.8. The highest BCUT2D eigenvalue weighted by Gasteiger charge is 2.32. The van der Waals surface area contributed by atoms with E-state index < -0.39 is 5.97 Å². The van der Waals surface area contributed by atoms with E-state index >= 15 is 0 Å². The van der Waals surface area contributed by atoms with Gasteiger partial charge in [0.15, 0.2) is 0 Å². The molecule has 0 radical (unpaired) electrons. The van der Waals surface area contributed by atoms with Crippen LogP contribution >= 0.6 is 0 Å². The monoisotopic (exact) mass is 323 g/mol. The number of carbonyl (C=O) groups is 1. The number of benzene rings is 2. The van der Waals surface area contributed by atoms with Gasteiger partial charge in [-0.3, -0.25) is 0 Å². The van der Waals surface area contributed by atoms with E-state index in [4.69, 9.17) is 13.9 Å². The maximum Gasteiger partial charge on any atom is 0.374 e. The van der Waals surface area contributed by atoms with E-state index in [1.807, 2.05) is 37.4 Å². The van der Waals surface area contributed by atoms with Gasteiger partial charge in [-0.15, -0.1) is 0 Å². The fourth-order valence-corrected chi connectivity index (χ4v) is 3.27. The molecule has 0 fully saturated rings. The van der Waals surface area contributed by atoms with Gasteiger partial charge in [0.1, 0.15) is 11.3 Å². The Morgan fingerprint density at radius 1 is 1.21 bits per heavy atom. The van der Waals surface area contributed by atoms with Crippen molar-refractivity contribution < 1.29 is 18.7 Å². The number of hydrogen-bond donors (Lipinski definition) is 0. The molecule has 0 unspecified atom stereocenters. The first-order chi connectivity index (χ1) is 11.7. The molecule has 0 spiro atoms. The van der Waals surface area contributed by atoms with Crippen molar-refractivity contribution in [2.75, 3.05) is 25.7 Å². The van der Waals surface area contributed by atoms with Crippen molar-refractivity contribution in [3.05, 3.63) is 42.2 Å². The summed E-state index contributed by atoms with van der Waals surface area (Å²) in [5, 5.41) is 0.903. The van der Waals surface area contributed by atoms with Crippen LogP contribution in [0.15, 0.2) is 40.8 Å². The number of furan rings is 1. The molecule has 1 aliphatic heterocycles. The first kappa shape index (κ1) is 14.6. The van der Waals surface area contributed by atoms with Crippen LogP contribution in [0.4, 0.5) is 11.4 Å². The molecule has 2 heterocycles. The van der Waals surface area contributed by atoms with Gasteiger partial charge >= 0.3 is 5.97 Å². The lowest BCUT2D eigenvalue weighted by molar-refractivity contribution is 0.0494. The predicted molar refractivity (Wildman–Crippen MR) is 92.2 cm³/mol. The lowest BCUT2D eigenvalue weighted by atomic mass is 9.94. The minimum Gasteiger partial charge on any atom is -0.497 e. The van der Waals surface area contributed by atoms with E-state index in [1.54, 1.807) is 20.1 Å². The number of hydrogen-bond acceptors (Lipinski definition) is 5. The second-order valence-electron chi connectivity index (χ2n) is 5.62. The molecule has 0 N–H and O–H groups in total. The van der Waals surface area contributed by atoms with Crippen LogP contribution in [0.25, 0.3) is 22.1 Å². The molecule has 5 nitrogen and oxygen atoms in total. The van der Waals surface area contributed by atoms with Crippen LogP contribution in [0.2, 0.25) is 0 Å². The van der Waals surface area contributed by atoms with Gasteiger partial charge in [-0.1, -0.05) is 18.2 Å². The largest absolute Gasteiger partial charge is 0.497 e. The zero-order valence-corrected chi connectivity index (χ0v) is 13.8. The highest BCUT2D eigenvalue weighted by Crippen LogP contribution is 2.50. The summed E-state index contributed by atoms with van der Waals surface area (Å²) in [7, 11) is 3.60. The van der Waals surface area contributed by atoms with E-state index in [0.29, 0.717) is 17.9 Å². The maximum absolute atomic E-state index is 12.4. The first-order valence-corrected chi connectivity index (χ1v) is 7.80. The lowest BCUT2D eigenvalue weighted by Crippen LogP contribution is -2.15. The van der Waals surface area contributed by atoms with Crippen LogP contribution < -0.4 is 9.64 Å². The van der Waals surface area contributed by atoms with Crippen LogP contribution in [0.1, 0.15) is 17.5 Å². The van der Waals surface area contributed by atoms with Gasteiger partial charge in [-0.2, -0.15) is 0 Å². The normalized spacial score (nSPS) is 12.2. The Morgan fingerprint density at radius 2 is 2.00 bits per heavy atom. The molecule has 0 bridgehead atoms. The van der Waals surface area contributed by atoms with Gasteiger partial charge in [0, 0.05) is 36.0 Å². The minimum absolute atomic E-state index is 0.238.